The minimum atomic E-state index is 0.901. The fourth-order valence-corrected chi connectivity index (χ4v) is 8.36. The van der Waals surface area contributed by atoms with Crippen LogP contribution in [0.3, 0.4) is 0 Å². The SMILES string of the molecule is Cc1c(-n2c3ccc4ccccc4c3c3c4ccccc4ccc32)nc2ccccc2c1-c1cccc2c1oc1c3ccccc3ccc21. The second-order valence-electron chi connectivity index (χ2n) is 13.1. The number of hydrogen-bond donors (Lipinski definition) is 0. The molecule has 0 unspecified atom stereocenters. The van der Waals surface area contributed by atoms with E-state index in [4.69, 9.17) is 9.40 Å². The quantitative estimate of drug-likeness (QED) is 0.192. The van der Waals surface area contributed by atoms with Crippen molar-refractivity contribution >= 4 is 87.0 Å². The van der Waals surface area contributed by atoms with Gasteiger partial charge in [-0.3, -0.25) is 4.57 Å². The largest absolute Gasteiger partial charge is 0.455 e. The molecule has 3 nitrogen and oxygen atoms in total. The van der Waals surface area contributed by atoms with Crippen LogP contribution in [0.5, 0.6) is 0 Å². The van der Waals surface area contributed by atoms with E-state index in [-0.39, 0.29) is 0 Å². The maximum Gasteiger partial charge on any atom is 0.143 e. The molecule has 0 aliphatic carbocycles. The predicted octanol–water partition coefficient (Wildman–Crippen LogP) is 12.7. The summed E-state index contributed by atoms with van der Waals surface area (Å²) in [6.07, 6.45) is 0. The van der Waals surface area contributed by atoms with Crippen LogP contribution < -0.4 is 0 Å². The first-order valence-electron chi connectivity index (χ1n) is 16.8. The van der Waals surface area contributed by atoms with Crippen LogP contribution in [-0.2, 0) is 0 Å². The van der Waals surface area contributed by atoms with Crippen LogP contribution in [-0.4, -0.2) is 9.55 Å². The van der Waals surface area contributed by atoms with Crippen LogP contribution in [0.25, 0.3) is 104 Å². The van der Waals surface area contributed by atoms with Crippen molar-refractivity contribution in [3.63, 3.8) is 0 Å². The first-order chi connectivity index (χ1) is 24.2. The van der Waals surface area contributed by atoms with Gasteiger partial charge in [0, 0.05) is 49.0 Å². The molecule has 3 aromatic heterocycles. The van der Waals surface area contributed by atoms with E-state index >= 15 is 0 Å². The molecule has 0 fully saturated rings. The summed E-state index contributed by atoms with van der Waals surface area (Å²) in [6, 6.07) is 54.4. The van der Waals surface area contributed by atoms with Crippen molar-refractivity contribution in [3.8, 4) is 16.9 Å². The lowest BCUT2D eigenvalue weighted by Crippen LogP contribution is -2.03. The average molecular weight is 625 g/mol. The highest BCUT2D eigenvalue weighted by Gasteiger charge is 2.23. The van der Waals surface area contributed by atoms with Crippen LogP contribution in [0.2, 0.25) is 0 Å². The van der Waals surface area contributed by atoms with Crippen molar-refractivity contribution in [3.05, 3.63) is 157 Å². The Morgan fingerprint density at radius 1 is 0.449 bits per heavy atom. The van der Waals surface area contributed by atoms with E-state index in [0.29, 0.717) is 0 Å². The lowest BCUT2D eigenvalue weighted by Gasteiger charge is -2.17. The number of para-hydroxylation sites is 2. The molecule has 0 saturated carbocycles. The third-order valence-corrected chi connectivity index (χ3v) is 10.5. The lowest BCUT2D eigenvalue weighted by molar-refractivity contribution is 0.674. The highest BCUT2D eigenvalue weighted by molar-refractivity contribution is 6.28. The molecule has 11 aromatic rings. The molecule has 0 saturated heterocycles. The Hall–Kier alpha value is -6.45. The minimum absolute atomic E-state index is 0.901. The van der Waals surface area contributed by atoms with Gasteiger partial charge in [-0.05, 0) is 58.1 Å². The van der Waals surface area contributed by atoms with Gasteiger partial charge in [0.05, 0.1) is 16.6 Å². The molecule has 49 heavy (non-hydrogen) atoms. The number of furan rings is 1. The molecule has 11 rings (SSSR count). The van der Waals surface area contributed by atoms with Crippen molar-refractivity contribution in [1.82, 2.24) is 9.55 Å². The fourth-order valence-electron chi connectivity index (χ4n) is 8.36. The molecule has 0 bridgehead atoms. The Bertz CT molecular complexity index is 3090. The van der Waals surface area contributed by atoms with Crippen molar-refractivity contribution in [1.29, 1.82) is 0 Å². The highest BCUT2D eigenvalue weighted by Crippen LogP contribution is 2.45. The van der Waals surface area contributed by atoms with Crippen LogP contribution in [0.4, 0.5) is 0 Å². The van der Waals surface area contributed by atoms with E-state index in [9.17, 15) is 0 Å². The Balaban J connectivity index is 1.30. The van der Waals surface area contributed by atoms with Gasteiger partial charge < -0.3 is 4.42 Å². The van der Waals surface area contributed by atoms with Gasteiger partial charge in [-0.15, -0.1) is 0 Å². The Kier molecular flexibility index (Phi) is 5.31. The summed E-state index contributed by atoms with van der Waals surface area (Å²) < 4.78 is 9.29. The van der Waals surface area contributed by atoms with Crippen molar-refractivity contribution in [2.24, 2.45) is 0 Å². The second-order valence-corrected chi connectivity index (χ2v) is 13.1. The number of benzene rings is 8. The molecule has 0 aliphatic rings. The lowest BCUT2D eigenvalue weighted by atomic mass is 9.94. The Labute approximate surface area is 281 Å². The zero-order valence-corrected chi connectivity index (χ0v) is 26.7. The van der Waals surface area contributed by atoms with Crippen molar-refractivity contribution in [2.45, 2.75) is 6.92 Å². The molecular weight excluding hydrogens is 597 g/mol. The summed E-state index contributed by atoms with van der Waals surface area (Å²) in [5, 5.41) is 13.1. The van der Waals surface area contributed by atoms with E-state index in [0.717, 1.165) is 71.8 Å². The number of pyridine rings is 1. The average Bonchev–Trinajstić information content (AvgIpc) is 3.72. The molecule has 3 heterocycles. The first kappa shape index (κ1) is 26.6. The first-order valence-corrected chi connectivity index (χ1v) is 16.8. The van der Waals surface area contributed by atoms with E-state index in [1.807, 2.05) is 0 Å². The van der Waals surface area contributed by atoms with Gasteiger partial charge in [-0.25, -0.2) is 4.98 Å². The van der Waals surface area contributed by atoms with Crippen molar-refractivity contribution < 1.29 is 4.42 Å². The summed E-state index contributed by atoms with van der Waals surface area (Å²) in [7, 11) is 0. The van der Waals surface area contributed by atoms with Gasteiger partial charge in [0.25, 0.3) is 0 Å². The zero-order valence-electron chi connectivity index (χ0n) is 26.7. The Morgan fingerprint density at radius 3 is 1.67 bits per heavy atom. The number of hydrogen-bond acceptors (Lipinski definition) is 2. The van der Waals surface area contributed by atoms with Crippen molar-refractivity contribution in [2.75, 3.05) is 0 Å². The molecule has 0 radical (unpaired) electrons. The normalized spacial score (nSPS) is 12.2. The monoisotopic (exact) mass is 624 g/mol. The minimum Gasteiger partial charge on any atom is -0.455 e. The van der Waals surface area contributed by atoms with Gasteiger partial charge in [0.2, 0.25) is 0 Å². The summed E-state index contributed by atoms with van der Waals surface area (Å²) in [4.78, 5) is 5.46. The van der Waals surface area contributed by atoms with Crippen LogP contribution >= 0.6 is 0 Å². The predicted molar refractivity (Wildman–Crippen MR) is 206 cm³/mol. The van der Waals surface area contributed by atoms with Gasteiger partial charge in [0.15, 0.2) is 0 Å². The third kappa shape index (κ3) is 3.59. The Morgan fingerprint density at radius 2 is 0.980 bits per heavy atom. The molecule has 0 N–H and O–H groups in total. The summed E-state index contributed by atoms with van der Waals surface area (Å²) in [5.74, 6) is 0.929. The van der Waals surface area contributed by atoms with Gasteiger partial charge in [0.1, 0.15) is 17.0 Å². The summed E-state index contributed by atoms with van der Waals surface area (Å²) in [5.41, 5.74) is 8.41. The van der Waals surface area contributed by atoms with Crippen LogP contribution in [0.1, 0.15) is 5.56 Å². The number of nitrogens with zero attached hydrogens (tertiary/aromatic N) is 2. The summed E-state index contributed by atoms with van der Waals surface area (Å²) in [6.45, 7) is 2.22. The van der Waals surface area contributed by atoms with E-state index in [1.165, 1.54) is 37.7 Å². The van der Waals surface area contributed by atoms with E-state index in [2.05, 4.69) is 163 Å². The third-order valence-electron chi connectivity index (χ3n) is 10.5. The standard InChI is InChI=1S/C46H28N2O/c1-27-41(37-19-10-18-34-35-24-21-30-13-4-7-16-33(30)44(35)49-45(34)37)36-17-8-9-20-38(36)47-46(27)48-39-25-22-28-11-2-5-14-31(28)42(39)43-32-15-6-3-12-29(32)23-26-40(43)48/h2-26H,1H3. The zero-order chi connectivity index (χ0) is 32.2. The second kappa shape index (κ2) is 9.79. The topological polar surface area (TPSA) is 31.0 Å². The molecular formula is C46H28N2O. The van der Waals surface area contributed by atoms with Gasteiger partial charge >= 0.3 is 0 Å². The molecule has 8 aromatic carbocycles. The number of aromatic nitrogens is 2. The molecule has 0 amide bonds. The molecule has 0 atom stereocenters. The maximum absolute atomic E-state index is 6.90. The van der Waals surface area contributed by atoms with Crippen LogP contribution in [0.15, 0.2) is 156 Å². The number of fused-ring (bicyclic) bond motifs is 13. The smallest absolute Gasteiger partial charge is 0.143 e. The summed E-state index contributed by atoms with van der Waals surface area (Å²) >= 11 is 0. The van der Waals surface area contributed by atoms with E-state index in [1.54, 1.807) is 0 Å². The molecule has 0 aliphatic heterocycles. The molecule has 3 heteroatoms. The van der Waals surface area contributed by atoms with E-state index < -0.39 is 0 Å². The van der Waals surface area contributed by atoms with Crippen LogP contribution in [0, 0.1) is 6.92 Å². The maximum atomic E-state index is 6.90. The highest BCUT2D eigenvalue weighted by atomic mass is 16.3. The van der Waals surface area contributed by atoms with Gasteiger partial charge in [-0.2, -0.15) is 0 Å². The molecule has 228 valence electrons. The molecule has 0 spiro atoms. The number of rotatable bonds is 2. The fraction of sp³-hybridized carbons (Fsp3) is 0.0217. The van der Waals surface area contributed by atoms with Gasteiger partial charge in [-0.1, -0.05) is 127 Å².